The van der Waals surface area contributed by atoms with Crippen LogP contribution in [-0.4, -0.2) is 58.6 Å². The number of hydrogen-bond acceptors (Lipinski definition) is 14. The highest BCUT2D eigenvalue weighted by Crippen LogP contribution is 2.20. The zero-order valence-electron chi connectivity index (χ0n) is 25.6. The summed E-state index contributed by atoms with van der Waals surface area (Å²) in [5.41, 5.74) is 5.11. The first-order valence-electron chi connectivity index (χ1n) is 13.7. The molecule has 2 aromatic carbocycles. The van der Waals surface area contributed by atoms with Gasteiger partial charge in [-0.1, -0.05) is 85.8 Å². The van der Waals surface area contributed by atoms with Crippen molar-refractivity contribution >= 4 is 23.3 Å². The van der Waals surface area contributed by atoms with Gasteiger partial charge in [0.15, 0.2) is 11.4 Å². The van der Waals surface area contributed by atoms with Crippen LogP contribution in [0.2, 0.25) is 0 Å². The molecule has 0 radical (unpaired) electrons. The van der Waals surface area contributed by atoms with Crippen LogP contribution in [0, 0.1) is 0 Å². The zero-order chi connectivity index (χ0) is 34.8. The largest absolute Gasteiger partial charge is 0.501 e. The Kier molecular flexibility index (Phi) is 13.9. The standard InChI is InChI=1S/C15H12N4O4.C13H12N2O4.C3H4N2O.2CH4/c1-19-13(9-5-3-2-4-6-9)18-11(12(20)15(19)22)14(21)17-10-7-16-23-8-10;1-15-11(8-6-4-3-5-7-8)14-9(13(18)19-2)10(16)12(15)17;4-3-1-5-6-2-3;;/h2-8,20H,1H3,(H,17,21);3-7,16H,1-2H3;1-2H,4H2;2*1H4. The molecular weight excluding hydrogens is 652 g/mol. The number of aromatic nitrogens is 6. The van der Waals surface area contributed by atoms with Crippen LogP contribution in [0.15, 0.2) is 104 Å². The van der Waals surface area contributed by atoms with E-state index in [0.717, 1.165) is 7.11 Å². The lowest BCUT2D eigenvalue weighted by Crippen LogP contribution is -2.25. The Morgan fingerprint density at radius 3 is 1.62 bits per heavy atom. The first kappa shape index (κ1) is 39.1. The van der Waals surface area contributed by atoms with Gasteiger partial charge in [0.05, 0.1) is 25.2 Å². The maximum absolute atomic E-state index is 12.2. The molecule has 17 heteroatoms. The molecule has 0 fully saturated rings. The summed E-state index contributed by atoms with van der Waals surface area (Å²) >= 11 is 0. The average molecular weight is 689 g/mol. The van der Waals surface area contributed by atoms with Crippen molar-refractivity contribution in [3.63, 3.8) is 0 Å². The molecule has 0 bridgehead atoms. The summed E-state index contributed by atoms with van der Waals surface area (Å²) < 4.78 is 15.8. The molecule has 1 amide bonds. The van der Waals surface area contributed by atoms with Gasteiger partial charge in [-0.05, 0) is 0 Å². The summed E-state index contributed by atoms with van der Waals surface area (Å²) in [5, 5.41) is 28.8. The lowest BCUT2D eigenvalue weighted by molar-refractivity contribution is 0.0589. The van der Waals surface area contributed by atoms with Crippen LogP contribution >= 0.6 is 0 Å². The summed E-state index contributed by atoms with van der Waals surface area (Å²) in [6.07, 6.45) is 5.32. The molecule has 4 aromatic heterocycles. The number of nitrogens with one attached hydrogen (secondary N) is 1. The monoisotopic (exact) mass is 688 g/mol. The van der Waals surface area contributed by atoms with E-state index in [2.05, 4.69) is 39.4 Å². The van der Waals surface area contributed by atoms with Crippen molar-refractivity contribution in [3.8, 4) is 34.3 Å². The molecular formula is C33H36N8O9. The smallest absolute Gasteiger partial charge is 0.360 e. The van der Waals surface area contributed by atoms with Crippen molar-refractivity contribution < 1.29 is 33.6 Å². The number of aromatic hydroxyl groups is 2. The predicted octanol–water partition coefficient (Wildman–Crippen LogP) is 3.86. The second kappa shape index (κ2) is 17.8. The maximum Gasteiger partial charge on any atom is 0.360 e. The molecule has 6 rings (SSSR count). The van der Waals surface area contributed by atoms with Gasteiger partial charge in [-0.25, -0.2) is 14.8 Å². The van der Waals surface area contributed by atoms with Crippen molar-refractivity contribution in [3.05, 3.63) is 118 Å². The molecule has 6 aromatic rings. The van der Waals surface area contributed by atoms with Gasteiger partial charge >= 0.3 is 5.97 Å². The lowest BCUT2D eigenvalue weighted by Gasteiger charge is -2.11. The number of benzene rings is 2. The Morgan fingerprint density at radius 2 is 1.22 bits per heavy atom. The van der Waals surface area contributed by atoms with Crippen LogP contribution in [0.25, 0.3) is 22.8 Å². The normalized spacial score (nSPS) is 9.74. The maximum atomic E-state index is 12.2. The van der Waals surface area contributed by atoms with Crippen molar-refractivity contribution in [2.45, 2.75) is 14.9 Å². The minimum absolute atomic E-state index is 0. The number of amides is 1. The van der Waals surface area contributed by atoms with E-state index in [1.807, 2.05) is 12.1 Å². The summed E-state index contributed by atoms with van der Waals surface area (Å²) in [6, 6.07) is 17.8. The highest BCUT2D eigenvalue weighted by atomic mass is 16.5. The number of rotatable bonds is 5. The predicted molar refractivity (Wildman–Crippen MR) is 183 cm³/mol. The molecule has 0 saturated heterocycles. The molecule has 17 nitrogen and oxygen atoms in total. The van der Waals surface area contributed by atoms with E-state index < -0.39 is 34.5 Å². The van der Waals surface area contributed by atoms with E-state index in [-0.39, 0.29) is 43.6 Å². The fraction of sp³-hybridized carbons (Fsp3) is 0.152. The van der Waals surface area contributed by atoms with E-state index >= 15 is 0 Å². The third-order valence-electron chi connectivity index (χ3n) is 6.33. The van der Waals surface area contributed by atoms with E-state index in [1.165, 1.54) is 48.1 Å². The number of ether oxygens (including phenoxy) is 1. The minimum Gasteiger partial charge on any atom is -0.501 e. The quantitative estimate of drug-likeness (QED) is 0.188. The van der Waals surface area contributed by atoms with Gasteiger partial charge < -0.3 is 35.0 Å². The molecule has 0 atom stereocenters. The Hall–Kier alpha value is -7.04. The van der Waals surface area contributed by atoms with Crippen LogP contribution in [0.1, 0.15) is 35.8 Å². The number of esters is 1. The highest BCUT2D eigenvalue weighted by molar-refractivity contribution is 6.04. The van der Waals surface area contributed by atoms with E-state index in [9.17, 15) is 29.4 Å². The molecule has 0 aliphatic carbocycles. The van der Waals surface area contributed by atoms with E-state index in [4.69, 9.17) is 5.73 Å². The van der Waals surface area contributed by atoms with Crippen molar-refractivity contribution in [1.29, 1.82) is 0 Å². The van der Waals surface area contributed by atoms with Gasteiger partial charge in [0.25, 0.3) is 17.0 Å². The lowest BCUT2D eigenvalue weighted by atomic mass is 10.2. The molecule has 0 aliphatic heterocycles. The van der Waals surface area contributed by atoms with Crippen LogP contribution in [-0.2, 0) is 18.8 Å². The van der Waals surface area contributed by atoms with E-state index in [1.54, 1.807) is 48.5 Å². The summed E-state index contributed by atoms with van der Waals surface area (Å²) in [6.45, 7) is 0. The van der Waals surface area contributed by atoms with Gasteiger partial charge in [0.2, 0.25) is 11.5 Å². The Balaban J connectivity index is 0.000000290. The molecule has 4 heterocycles. The third-order valence-corrected chi connectivity index (χ3v) is 6.33. The van der Waals surface area contributed by atoms with Crippen LogP contribution < -0.4 is 22.2 Å². The first-order chi connectivity index (χ1) is 23.0. The number of anilines is 2. The van der Waals surface area contributed by atoms with Crippen LogP contribution in [0.3, 0.4) is 0 Å². The Morgan fingerprint density at radius 1 is 0.760 bits per heavy atom. The summed E-state index contributed by atoms with van der Waals surface area (Å²) in [7, 11) is 4.10. The minimum atomic E-state index is -0.854. The van der Waals surface area contributed by atoms with Gasteiger partial charge in [-0.2, -0.15) is 0 Å². The number of nitrogen functional groups attached to an aromatic ring is 1. The molecule has 50 heavy (non-hydrogen) atoms. The molecule has 262 valence electrons. The number of nitrogens with two attached hydrogens (primary N) is 1. The van der Waals surface area contributed by atoms with Crippen molar-refractivity contribution in [2.24, 2.45) is 14.1 Å². The number of hydrogen-bond donors (Lipinski definition) is 4. The number of methoxy groups -OCH3 is 1. The average Bonchev–Trinajstić information content (AvgIpc) is 3.81. The van der Waals surface area contributed by atoms with Crippen molar-refractivity contribution in [2.75, 3.05) is 18.2 Å². The Labute approximate surface area is 285 Å². The Bertz CT molecular complexity index is 2110. The van der Waals surface area contributed by atoms with Gasteiger partial charge in [0.1, 0.15) is 29.9 Å². The van der Waals surface area contributed by atoms with Crippen molar-refractivity contribution in [1.82, 2.24) is 29.4 Å². The topological polar surface area (TPSA) is 244 Å². The van der Waals surface area contributed by atoms with E-state index in [0.29, 0.717) is 16.8 Å². The van der Waals surface area contributed by atoms with Crippen LogP contribution in [0.4, 0.5) is 11.4 Å². The number of carbonyl (C=O) groups is 2. The van der Waals surface area contributed by atoms with Gasteiger partial charge in [-0.3, -0.25) is 23.5 Å². The number of nitrogens with zero attached hydrogens (tertiary/aromatic N) is 6. The first-order valence-corrected chi connectivity index (χ1v) is 13.7. The summed E-state index contributed by atoms with van der Waals surface area (Å²) in [5.74, 6) is -2.48. The zero-order valence-corrected chi connectivity index (χ0v) is 25.6. The molecule has 0 saturated carbocycles. The second-order valence-electron chi connectivity index (χ2n) is 9.54. The SMILES string of the molecule is C.C.COC(=O)c1nc(-c2ccccc2)n(C)c(=O)c1O.Cn1c(-c2ccccc2)nc(C(=O)Nc2cnoc2)c(O)c1=O.Nc1cnoc1. The second-order valence-corrected chi connectivity index (χ2v) is 9.54. The number of carbonyl (C=O) groups excluding carboxylic acids is 2. The fourth-order valence-corrected chi connectivity index (χ4v) is 3.94. The third kappa shape index (κ3) is 9.06. The molecule has 5 N–H and O–H groups in total. The molecule has 0 unspecified atom stereocenters. The van der Waals surface area contributed by atoms with Gasteiger partial charge in [-0.15, -0.1) is 0 Å². The summed E-state index contributed by atoms with van der Waals surface area (Å²) in [4.78, 5) is 55.9. The van der Waals surface area contributed by atoms with Gasteiger partial charge in [0, 0.05) is 25.2 Å². The fourth-order valence-electron chi connectivity index (χ4n) is 3.94. The highest BCUT2D eigenvalue weighted by Gasteiger charge is 2.22. The van der Waals surface area contributed by atoms with Crippen LogP contribution in [0.5, 0.6) is 11.5 Å². The molecule has 0 spiro atoms. The molecule has 0 aliphatic rings.